The number of aromatic carboxylic acids is 1. The third-order valence-corrected chi connectivity index (χ3v) is 3.84. The second-order valence-electron chi connectivity index (χ2n) is 4.69. The Balaban J connectivity index is 3.05. The second-order valence-corrected chi connectivity index (χ2v) is 6.53. The molecule has 0 saturated heterocycles. The fraction of sp³-hybridized carbons (Fsp3) is 0.417. The molecule has 0 aliphatic rings. The van der Waals surface area contributed by atoms with Gasteiger partial charge in [-0.1, -0.05) is 13.8 Å². The summed E-state index contributed by atoms with van der Waals surface area (Å²) in [7, 11) is -3.81. The minimum absolute atomic E-state index is 0.138. The van der Waals surface area contributed by atoms with Crippen LogP contribution in [0, 0.1) is 17.6 Å². The summed E-state index contributed by atoms with van der Waals surface area (Å²) >= 11 is 0. The van der Waals surface area contributed by atoms with Crippen LogP contribution < -0.4 is 4.72 Å². The molecule has 0 aliphatic carbocycles. The molecule has 2 N–H and O–H groups in total. The molecule has 0 aromatic heterocycles. The average Bonchev–Trinajstić information content (AvgIpc) is 2.30. The van der Waals surface area contributed by atoms with E-state index in [0.29, 0.717) is 12.5 Å². The van der Waals surface area contributed by atoms with Crippen LogP contribution in [0.5, 0.6) is 0 Å². The first-order chi connectivity index (χ1) is 9.14. The average molecular weight is 307 g/mol. The van der Waals surface area contributed by atoms with Gasteiger partial charge in [0, 0.05) is 0 Å². The smallest absolute Gasteiger partial charge is 0.341 e. The van der Waals surface area contributed by atoms with Crippen LogP contribution in [-0.2, 0) is 10.0 Å². The summed E-state index contributed by atoms with van der Waals surface area (Å²) in [5.74, 6) is -4.60. The highest BCUT2D eigenvalue weighted by Gasteiger charge is 2.22. The Kier molecular flexibility index (Phi) is 5.04. The van der Waals surface area contributed by atoms with E-state index in [4.69, 9.17) is 5.11 Å². The highest BCUT2D eigenvalue weighted by atomic mass is 32.2. The van der Waals surface area contributed by atoms with Crippen molar-refractivity contribution in [3.63, 3.8) is 0 Å². The maximum atomic E-state index is 13.8. The summed E-state index contributed by atoms with van der Waals surface area (Å²) in [5.41, 5.74) is -1.76. The van der Waals surface area contributed by atoms with Crippen LogP contribution >= 0.6 is 0 Å². The van der Waals surface area contributed by atoms with Crippen molar-refractivity contribution in [2.75, 3.05) is 10.5 Å². The lowest BCUT2D eigenvalue weighted by molar-refractivity contribution is 0.0686. The van der Waals surface area contributed by atoms with Gasteiger partial charge in [-0.05, 0) is 24.5 Å². The number of nitrogens with one attached hydrogen (secondary N) is 1. The Morgan fingerprint density at radius 2 is 1.95 bits per heavy atom. The van der Waals surface area contributed by atoms with Crippen LogP contribution in [0.2, 0.25) is 0 Å². The van der Waals surface area contributed by atoms with E-state index < -0.39 is 38.9 Å². The molecule has 0 amide bonds. The Bertz CT molecular complexity index is 614. The van der Waals surface area contributed by atoms with Crippen LogP contribution in [0.15, 0.2) is 12.1 Å². The number of carbonyl (C=O) groups is 1. The summed E-state index contributed by atoms with van der Waals surface area (Å²) in [6.45, 7) is 3.66. The van der Waals surface area contributed by atoms with Gasteiger partial charge in [0.2, 0.25) is 10.0 Å². The number of benzene rings is 1. The monoisotopic (exact) mass is 307 g/mol. The van der Waals surface area contributed by atoms with E-state index in [1.807, 2.05) is 18.6 Å². The summed E-state index contributed by atoms with van der Waals surface area (Å²) in [6, 6.07) is 1.55. The molecule has 0 radical (unpaired) electrons. The van der Waals surface area contributed by atoms with Gasteiger partial charge in [-0.2, -0.15) is 0 Å². The molecule has 1 rings (SSSR count). The number of carboxylic acid groups (broad SMARTS) is 1. The summed E-state index contributed by atoms with van der Waals surface area (Å²) < 4.78 is 52.3. The van der Waals surface area contributed by atoms with Gasteiger partial charge in [0.25, 0.3) is 0 Å². The van der Waals surface area contributed by atoms with Crippen LogP contribution in [0.4, 0.5) is 14.5 Å². The van der Waals surface area contributed by atoms with Crippen molar-refractivity contribution in [2.45, 2.75) is 20.3 Å². The zero-order chi connectivity index (χ0) is 15.5. The van der Waals surface area contributed by atoms with E-state index in [9.17, 15) is 22.0 Å². The van der Waals surface area contributed by atoms with E-state index in [1.165, 1.54) is 0 Å². The Morgan fingerprint density at radius 3 is 2.45 bits per heavy atom. The number of anilines is 1. The van der Waals surface area contributed by atoms with Gasteiger partial charge in [0.05, 0.1) is 11.4 Å². The van der Waals surface area contributed by atoms with Crippen LogP contribution in [0.1, 0.15) is 30.6 Å². The van der Waals surface area contributed by atoms with Gasteiger partial charge in [-0.3, -0.25) is 4.72 Å². The fourth-order valence-corrected chi connectivity index (χ4v) is 2.81. The minimum Gasteiger partial charge on any atom is -0.477 e. The molecule has 0 saturated carbocycles. The van der Waals surface area contributed by atoms with E-state index >= 15 is 0 Å². The van der Waals surface area contributed by atoms with Crippen molar-refractivity contribution in [1.82, 2.24) is 0 Å². The van der Waals surface area contributed by atoms with Gasteiger partial charge in [0.15, 0.2) is 5.82 Å². The van der Waals surface area contributed by atoms with Crippen molar-refractivity contribution >= 4 is 21.7 Å². The molecule has 112 valence electrons. The number of sulfonamides is 1. The SMILES string of the molecule is CC(C)CCS(=O)(=O)Nc1ccc(F)c(C(=O)O)c1F. The predicted molar refractivity (Wildman–Crippen MR) is 70.2 cm³/mol. The molecule has 0 heterocycles. The molecule has 0 unspecified atom stereocenters. The molecule has 8 heteroatoms. The van der Waals surface area contributed by atoms with E-state index in [-0.39, 0.29) is 11.7 Å². The van der Waals surface area contributed by atoms with Crippen molar-refractivity contribution in [3.05, 3.63) is 29.3 Å². The summed E-state index contributed by atoms with van der Waals surface area (Å²) in [5, 5.41) is 8.69. The zero-order valence-electron chi connectivity index (χ0n) is 11.0. The Hall–Kier alpha value is -1.70. The molecule has 5 nitrogen and oxygen atoms in total. The molecule has 0 atom stereocenters. The fourth-order valence-electron chi connectivity index (χ4n) is 1.44. The standard InChI is InChI=1S/C12H15F2NO4S/c1-7(2)5-6-20(18,19)15-9-4-3-8(13)10(11(9)14)12(16)17/h3-4,7,15H,5-6H2,1-2H3,(H,16,17). The van der Waals surface area contributed by atoms with Gasteiger partial charge in [-0.25, -0.2) is 22.0 Å². The predicted octanol–water partition coefficient (Wildman–Crippen LogP) is 2.45. The maximum Gasteiger partial charge on any atom is 0.341 e. The third-order valence-electron chi connectivity index (χ3n) is 2.53. The number of halogens is 2. The topological polar surface area (TPSA) is 83.5 Å². The normalized spacial score (nSPS) is 11.7. The summed E-state index contributed by atoms with van der Waals surface area (Å²) in [6.07, 6.45) is 0.365. The Labute approximate surface area is 115 Å². The second kappa shape index (κ2) is 6.17. The highest BCUT2D eigenvalue weighted by Crippen LogP contribution is 2.22. The van der Waals surface area contributed by atoms with Gasteiger partial charge < -0.3 is 5.11 Å². The number of rotatable bonds is 6. The molecular formula is C12H15F2NO4S. The third kappa shape index (κ3) is 4.16. The molecule has 1 aromatic carbocycles. The lowest BCUT2D eigenvalue weighted by atomic mass is 10.2. The first-order valence-electron chi connectivity index (χ1n) is 5.86. The van der Waals surface area contributed by atoms with Crippen molar-refractivity contribution in [1.29, 1.82) is 0 Å². The molecule has 1 aromatic rings. The first-order valence-corrected chi connectivity index (χ1v) is 7.51. The van der Waals surface area contributed by atoms with Crippen LogP contribution in [0.25, 0.3) is 0 Å². The Morgan fingerprint density at radius 1 is 1.35 bits per heavy atom. The highest BCUT2D eigenvalue weighted by molar-refractivity contribution is 7.92. The summed E-state index contributed by atoms with van der Waals surface area (Å²) in [4.78, 5) is 10.7. The van der Waals surface area contributed by atoms with Crippen molar-refractivity contribution < 1.29 is 27.1 Å². The number of carboxylic acids is 1. The van der Waals surface area contributed by atoms with Crippen molar-refractivity contribution in [3.8, 4) is 0 Å². The molecule has 0 spiro atoms. The van der Waals surface area contributed by atoms with E-state index in [0.717, 1.165) is 6.07 Å². The maximum absolute atomic E-state index is 13.8. The molecule has 20 heavy (non-hydrogen) atoms. The first kappa shape index (κ1) is 16.4. The zero-order valence-corrected chi connectivity index (χ0v) is 11.8. The van der Waals surface area contributed by atoms with Crippen LogP contribution in [0.3, 0.4) is 0 Å². The molecule has 0 bridgehead atoms. The minimum atomic E-state index is -3.81. The van der Waals surface area contributed by atoms with Gasteiger partial charge in [-0.15, -0.1) is 0 Å². The largest absolute Gasteiger partial charge is 0.477 e. The van der Waals surface area contributed by atoms with Crippen molar-refractivity contribution in [2.24, 2.45) is 5.92 Å². The molecule has 0 aliphatic heterocycles. The van der Waals surface area contributed by atoms with Crippen LogP contribution in [-0.4, -0.2) is 25.2 Å². The van der Waals surface area contributed by atoms with E-state index in [2.05, 4.69) is 0 Å². The number of hydrogen-bond acceptors (Lipinski definition) is 3. The van der Waals surface area contributed by atoms with Gasteiger partial charge in [0.1, 0.15) is 11.4 Å². The van der Waals surface area contributed by atoms with Gasteiger partial charge >= 0.3 is 5.97 Å². The van der Waals surface area contributed by atoms with E-state index in [1.54, 1.807) is 0 Å². The quantitative estimate of drug-likeness (QED) is 0.845. The lowest BCUT2D eigenvalue weighted by Crippen LogP contribution is -2.19. The number of hydrogen-bond donors (Lipinski definition) is 2. The molecule has 0 fully saturated rings. The lowest BCUT2D eigenvalue weighted by Gasteiger charge is -2.11. The molecular weight excluding hydrogens is 292 g/mol.